The van der Waals surface area contributed by atoms with Crippen molar-refractivity contribution in [3.63, 3.8) is 0 Å². The zero-order valence-corrected chi connectivity index (χ0v) is 63.1. The lowest BCUT2D eigenvalue weighted by atomic mass is 9.81. The normalized spacial score (nSPS) is 12.5. The first kappa shape index (κ1) is 65.3. The molecule has 1 aliphatic rings. The Labute approximate surface area is 660 Å². The lowest BCUT2D eigenvalue weighted by Crippen LogP contribution is -2.17. The fourth-order valence-corrected chi connectivity index (χ4v) is 19.5. The van der Waals surface area contributed by atoms with Crippen LogP contribution in [0.2, 0.25) is 0 Å². The van der Waals surface area contributed by atoms with Crippen molar-refractivity contribution in [2.75, 3.05) is 0 Å². The number of thiophene rings is 1. The van der Waals surface area contributed by atoms with Gasteiger partial charge in [-0.25, -0.2) is 19.9 Å². The topological polar surface area (TPSA) is 71.3 Å². The molecule has 24 rings (SSSR count). The van der Waals surface area contributed by atoms with Crippen molar-refractivity contribution in [1.29, 1.82) is 0 Å². The van der Waals surface area contributed by atoms with Crippen molar-refractivity contribution in [2.45, 2.75) is 19.3 Å². The summed E-state index contributed by atoms with van der Waals surface area (Å²) >= 11 is 1.76. The van der Waals surface area contributed by atoms with E-state index in [1.807, 2.05) is 0 Å². The predicted octanol–water partition coefficient (Wildman–Crippen LogP) is 27.5. The number of hydrogen-bond donors (Lipinski definition) is 0. The highest BCUT2D eigenvalue weighted by Crippen LogP contribution is 2.52. The summed E-state index contributed by atoms with van der Waals surface area (Å²) < 4.78 is 11.7. The Balaban J connectivity index is 0.000000138. The van der Waals surface area contributed by atoms with Crippen LogP contribution in [0, 0.1) is 0 Å². The highest BCUT2D eigenvalue weighted by atomic mass is 32.1. The SMILES string of the molecule is CC1(C)c2ccccc2-c2nc(-c3ccc(-n4c5ccccc5c5cc(-c6ccc7c(c6)c6ccccc6n7-c6ccc7ccccc7c6)ccc54)cc3)nc(-c3ccccc3)c21.c1ccc(-c2nc(-n3c4ccccc4c4cc(-c5ccc6c(c5)c5ccccc5n6-c5ccccc5)ccc43)nc3c2sc2ccccc23)cc1. The highest BCUT2D eigenvalue weighted by molar-refractivity contribution is 7.26. The number of rotatable bonds is 9. The molecule has 7 heterocycles. The van der Waals surface area contributed by atoms with Crippen LogP contribution >= 0.6 is 11.3 Å². The number of para-hydroxylation sites is 5. The average molecular weight is 1470 g/mol. The first-order valence-electron chi connectivity index (χ1n) is 38.9. The van der Waals surface area contributed by atoms with Crippen LogP contribution in [0.1, 0.15) is 25.0 Å². The van der Waals surface area contributed by atoms with E-state index in [-0.39, 0.29) is 5.41 Å². The molecule has 0 fully saturated rings. The Bertz CT molecular complexity index is 7880. The van der Waals surface area contributed by atoms with E-state index in [0.29, 0.717) is 5.95 Å². The highest BCUT2D eigenvalue weighted by Gasteiger charge is 2.40. The van der Waals surface area contributed by atoms with Gasteiger partial charge >= 0.3 is 0 Å². The summed E-state index contributed by atoms with van der Waals surface area (Å²) in [4.78, 5) is 21.3. The lowest BCUT2D eigenvalue weighted by Gasteiger charge is -2.23. The molecule has 0 radical (unpaired) electrons. The van der Waals surface area contributed by atoms with Gasteiger partial charge in [0.25, 0.3) is 0 Å². The van der Waals surface area contributed by atoms with Gasteiger partial charge in [-0.1, -0.05) is 263 Å². The fourth-order valence-electron chi connectivity index (χ4n) is 18.3. The van der Waals surface area contributed by atoms with Crippen LogP contribution in [0.4, 0.5) is 0 Å². The molecular weight excluding hydrogens is 1410 g/mol. The molecule has 0 N–H and O–H groups in total. The molecule has 7 aromatic heterocycles. The van der Waals surface area contributed by atoms with Crippen LogP contribution < -0.4 is 0 Å². The van der Waals surface area contributed by atoms with Gasteiger partial charge in [-0.05, 0) is 166 Å². The molecule has 0 unspecified atom stereocenters. The Morgan fingerprint density at radius 3 is 1.20 bits per heavy atom. The summed E-state index contributed by atoms with van der Waals surface area (Å²) in [5.41, 5.74) is 28.1. The molecule has 0 spiro atoms. The number of hydrogen-bond acceptors (Lipinski definition) is 5. The maximum absolute atomic E-state index is 5.34. The summed E-state index contributed by atoms with van der Waals surface area (Å²) in [5, 5.41) is 13.4. The van der Waals surface area contributed by atoms with Gasteiger partial charge in [-0.2, -0.15) is 0 Å². The van der Waals surface area contributed by atoms with Gasteiger partial charge in [0.1, 0.15) is 0 Å². The van der Waals surface area contributed by atoms with E-state index >= 15 is 0 Å². The molecule has 9 heteroatoms. The van der Waals surface area contributed by atoms with Crippen LogP contribution in [0.25, 0.3) is 209 Å². The molecule has 16 aromatic carbocycles. The lowest BCUT2D eigenvalue weighted by molar-refractivity contribution is 0.658. The van der Waals surface area contributed by atoms with E-state index in [1.54, 1.807) is 11.3 Å². The maximum atomic E-state index is 5.34. The molecule has 0 saturated heterocycles. The van der Waals surface area contributed by atoms with E-state index < -0.39 is 0 Å². The number of nitrogens with zero attached hydrogens (tertiary/aromatic N) is 8. The van der Waals surface area contributed by atoms with Crippen molar-refractivity contribution < 1.29 is 0 Å². The number of fused-ring (bicyclic) bond motifs is 19. The summed E-state index contributed by atoms with van der Waals surface area (Å²) in [6, 6.07) is 135. The monoisotopic (exact) mass is 1470 g/mol. The van der Waals surface area contributed by atoms with Crippen LogP contribution in [0.15, 0.2) is 376 Å². The van der Waals surface area contributed by atoms with E-state index in [0.717, 1.165) is 77.6 Å². The number of aromatic nitrogens is 8. The minimum atomic E-state index is -0.221. The molecular formula is C105H68N8S. The minimum Gasteiger partial charge on any atom is -0.309 e. The Hall–Kier alpha value is -14.6. The standard InChI is InChI=1S/C59H40N4.C46H28N4S/c1-59(2)50-21-11-8-20-47(50)57-55(59)56(38-15-4-3-5-16-38)60-58(61-57)39-25-29-43(30-26-39)62-51-22-12-9-18-45(51)48-35-41(27-32-53(48)62)42-28-33-54-49(36-42)46-19-10-13-23-52(46)63(54)44-31-24-37-14-6-7-17-40(37)34-44;1-3-13-29(14-4-1)43-45-44(35-19-9-12-22-42(35)51-45)48-46(47-43)50-39-21-11-8-18-34(39)37-28-31(24-26-41(37)50)30-23-25-40-36(27-30)33-17-7-10-20-38(33)49(40)32-15-5-2-6-16-32/h3-36H,1-2H3;1-28H. The molecule has 1 aliphatic carbocycles. The molecule has 0 amide bonds. The van der Waals surface area contributed by atoms with Gasteiger partial charge in [-0.15, -0.1) is 11.3 Å². The zero-order chi connectivity index (χ0) is 75.3. The first-order valence-corrected chi connectivity index (χ1v) is 39.7. The van der Waals surface area contributed by atoms with Crippen LogP contribution in [-0.4, -0.2) is 38.2 Å². The summed E-state index contributed by atoms with van der Waals surface area (Å²) in [7, 11) is 0. The Kier molecular flexibility index (Phi) is 14.7. The summed E-state index contributed by atoms with van der Waals surface area (Å²) in [6.45, 7) is 4.59. The van der Waals surface area contributed by atoms with E-state index in [1.165, 1.54) is 136 Å². The van der Waals surface area contributed by atoms with Gasteiger partial charge in [0.2, 0.25) is 5.95 Å². The van der Waals surface area contributed by atoms with Crippen molar-refractivity contribution in [3.05, 3.63) is 387 Å². The largest absolute Gasteiger partial charge is 0.309 e. The fraction of sp³-hybridized carbons (Fsp3) is 0.0286. The minimum absolute atomic E-state index is 0.221. The summed E-state index contributed by atoms with van der Waals surface area (Å²) in [5.74, 6) is 1.41. The Morgan fingerprint density at radius 2 is 0.649 bits per heavy atom. The van der Waals surface area contributed by atoms with Crippen LogP contribution in [0.3, 0.4) is 0 Å². The van der Waals surface area contributed by atoms with Gasteiger partial charge in [0, 0.05) is 103 Å². The first-order chi connectivity index (χ1) is 56.3. The van der Waals surface area contributed by atoms with Gasteiger partial charge in [-0.3, -0.25) is 4.57 Å². The second kappa shape index (κ2) is 25.7. The van der Waals surface area contributed by atoms with E-state index in [2.05, 4.69) is 408 Å². The Morgan fingerprint density at radius 1 is 0.254 bits per heavy atom. The van der Waals surface area contributed by atoms with Crippen molar-refractivity contribution >= 4 is 130 Å². The smallest absolute Gasteiger partial charge is 0.235 e. The van der Waals surface area contributed by atoms with Gasteiger partial charge in [0.05, 0.1) is 71.4 Å². The molecule has 23 aromatic rings. The predicted molar refractivity (Wildman–Crippen MR) is 477 cm³/mol. The van der Waals surface area contributed by atoms with E-state index in [9.17, 15) is 0 Å². The quantitative estimate of drug-likeness (QED) is 0.144. The molecule has 0 saturated carbocycles. The van der Waals surface area contributed by atoms with E-state index in [4.69, 9.17) is 19.9 Å². The van der Waals surface area contributed by atoms with Gasteiger partial charge < -0.3 is 13.7 Å². The average Bonchev–Trinajstić information content (AvgIpc) is 1.62. The van der Waals surface area contributed by atoms with Crippen molar-refractivity contribution in [2.24, 2.45) is 0 Å². The third-order valence-corrected chi connectivity index (χ3v) is 24.8. The zero-order valence-electron chi connectivity index (χ0n) is 62.3. The van der Waals surface area contributed by atoms with Crippen LogP contribution in [0.5, 0.6) is 0 Å². The van der Waals surface area contributed by atoms with Crippen molar-refractivity contribution in [3.8, 4) is 90.4 Å². The van der Waals surface area contributed by atoms with Crippen molar-refractivity contribution in [1.82, 2.24) is 38.2 Å². The second-order valence-electron chi connectivity index (χ2n) is 30.4. The molecule has 0 aliphatic heterocycles. The summed E-state index contributed by atoms with van der Waals surface area (Å²) in [6.07, 6.45) is 0. The third-order valence-electron chi connectivity index (χ3n) is 23.6. The molecule has 534 valence electrons. The molecule has 114 heavy (non-hydrogen) atoms. The second-order valence-corrected chi connectivity index (χ2v) is 31.5. The number of benzene rings is 16. The molecule has 0 atom stereocenters. The molecule has 0 bridgehead atoms. The molecule has 8 nitrogen and oxygen atoms in total. The third kappa shape index (κ3) is 10.2. The maximum Gasteiger partial charge on any atom is 0.235 e. The van der Waals surface area contributed by atoms with Crippen LogP contribution in [-0.2, 0) is 5.41 Å². The van der Waals surface area contributed by atoms with Gasteiger partial charge in [0.15, 0.2) is 5.82 Å².